The third-order valence-corrected chi connectivity index (χ3v) is 4.07. The Hall–Kier alpha value is -1.10. The molecule has 1 saturated heterocycles. The number of likely N-dealkylation sites (tertiary alicyclic amines) is 1. The zero-order valence-electron chi connectivity index (χ0n) is 12.7. The molecule has 0 saturated carbocycles. The summed E-state index contributed by atoms with van der Waals surface area (Å²) in [4.78, 5) is 4.63. The number of rotatable bonds is 6. The van der Waals surface area contributed by atoms with Gasteiger partial charge in [0.25, 0.3) is 0 Å². The standard InChI is InChI=1S/C16H26N2O2/c1-17(2)8-14-10-18(11-15(14)12-19)9-13-6-4-5-7-16(13)20-3/h4-7,14-15,19H,8-12H2,1-3H3. The maximum atomic E-state index is 9.56. The molecule has 0 amide bonds. The molecular formula is C16H26N2O2. The van der Waals surface area contributed by atoms with Gasteiger partial charge < -0.3 is 14.7 Å². The van der Waals surface area contributed by atoms with Crippen LogP contribution in [0, 0.1) is 11.8 Å². The second-order valence-electron chi connectivity index (χ2n) is 5.97. The highest BCUT2D eigenvalue weighted by Crippen LogP contribution is 2.27. The largest absolute Gasteiger partial charge is 0.496 e. The lowest BCUT2D eigenvalue weighted by Crippen LogP contribution is -2.28. The van der Waals surface area contributed by atoms with Gasteiger partial charge in [0, 0.05) is 38.3 Å². The predicted molar refractivity (Wildman–Crippen MR) is 80.9 cm³/mol. The van der Waals surface area contributed by atoms with Gasteiger partial charge in [-0.25, -0.2) is 0 Å². The van der Waals surface area contributed by atoms with E-state index in [9.17, 15) is 5.11 Å². The molecule has 2 unspecified atom stereocenters. The highest BCUT2D eigenvalue weighted by Gasteiger charge is 2.32. The molecular weight excluding hydrogens is 252 g/mol. The number of hydrogen-bond acceptors (Lipinski definition) is 4. The molecule has 0 radical (unpaired) electrons. The van der Waals surface area contributed by atoms with E-state index in [1.807, 2.05) is 12.1 Å². The average Bonchev–Trinajstić information content (AvgIpc) is 2.80. The van der Waals surface area contributed by atoms with E-state index in [0.29, 0.717) is 11.8 Å². The predicted octanol–water partition coefficient (Wildman–Crippen LogP) is 1.30. The Balaban J connectivity index is 2.00. The number of hydrogen-bond donors (Lipinski definition) is 1. The van der Waals surface area contributed by atoms with E-state index in [1.54, 1.807) is 7.11 Å². The molecule has 2 atom stereocenters. The Kier molecular flexibility index (Phi) is 5.40. The fourth-order valence-corrected chi connectivity index (χ4v) is 3.12. The van der Waals surface area contributed by atoms with Crippen molar-refractivity contribution >= 4 is 0 Å². The van der Waals surface area contributed by atoms with Gasteiger partial charge in [0.2, 0.25) is 0 Å². The van der Waals surface area contributed by atoms with Crippen LogP contribution in [0.15, 0.2) is 24.3 Å². The van der Waals surface area contributed by atoms with Crippen LogP contribution in [-0.2, 0) is 6.54 Å². The Bertz CT molecular complexity index is 423. The Labute approximate surface area is 122 Å². The quantitative estimate of drug-likeness (QED) is 0.851. The number of methoxy groups -OCH3 is 1. The summed E-state index contributed by atoms with van der Waals surface area (Å²) in [6.45, 7) is 4.22. The summed E-state index contributed by atoms with van der Waals surface area (Å²) in [7, 11) is 5.91. The molecule has 1 aliphatic heterocycles. The fraction of sp³-hybridized carbons (Fsp3) is 0.625. The average molecular weight is 278 g/mol. The number of benzene rings is 1. The fourth-order valence-electron chi connectivity index (χ4n) is 3.12. The molecule has 0 aliphatic carbocycles. The first kappa shape index (κ1) is 15.3. The van der Waals surface area contributed by atoms with Crippen molar-refractivity contribution in [2.45, 2.75) is 6.54 Å². The van der Waals surface area contributed by atoms with Gasteiger partial charge in [-0.2, -0.15) is 0 Å². The summed E-state index contributed by atoms with van der Waals surface area (Å²) >= 11 is 0. The van der Waals surface area contributed by atoms with Crippen molar-refractivity contribution in [3.63, 3.8) is 0 Å². The normalized spacial score (nSPS) is 23.4. The molecule has 1 heterocycles. The monoisotopic (exact) mass is 278 g/mol. The van der Waals surface area contributed by atoms with Crippen molar-refractivity contribution in [2.24, 2.45) is 11.8 Å². The van der Waals surface area contributed by atoms with E-state index in [-0.39, 0.29) is 6.61 Å². The van der Waals surface area contributed by atoms with E-state index >= 15 is 0 Å². The molecule has 1 N–H and O–H groups in total. The van der Waals surface area contributed by atoms with Crippen molar-refractivity contribution < 1.29 is 9.84 Å². The number of ether oxygens (including phenoxy) is 1. The minimum Gasteiger partial charge on any atom is -0.496 e. The van der Waals surface area contributed by atoms with Crippen LogP contribution in [0.2, 0.25) is 0 Å². The summed E-state index contributed by atoms with van der Waals surface area (Å²) in [5, 5.41) is 9.56. The first-order valence-corrected chi connectivity index (χ1v) is 7.24. The molecule has 1 aromatic carbocycles. The van der Waals surface area contributed by atoms with Crippen LogP contribution >= 0.6 is 0 Å². The second-order valence-corrected chi connectivity index (χ2v) is 5.97. The highest BCUT2D eigenvalue weighted by molar-refractivity contribution is 5.33. The van der Waals surface area contributed by atoms with Crippen LogP contribution in [0.5, 0.6) is 5.75 Å². The highest BCUT2D eigenvalue weighted by atomic mass is 16.5. The van der Waals surface area contributed by atoms with Gasteiger partial charge in [-0.05, 0) is 32.0 Å². The van der Waals surface area contributed by atoms with Crippen LogP contribution in [0.4, 0.5) is 0 Å². The molecule has 4 nitrogen and oxygen atoms in total. The third-order valence-electron chi connectivity index (χ3n) is 4.07. The van der Waals surface area contributed by atoms with E-state index < -0.39 is 0 Å². The van der Waals surface area contributed by atoms with Crippen molar-refractivity contribution in [1.82, 2.24) is 9.80 Å². The van der Waals surface area contributed by atoms with Crippen LogP contribution < -0.4 is 4.74 Å². The minimum atomic E-state index is 0.279. The summed E-state index contributed by atoms with van der Waals surface area (Å²) < 4.78 is 5.42. The molecule has 1 aromatic rings. The molecule has 20 heavy (non-hydrogen) atoms. The zero-order chi connectivity index (χ0) is 14.5. The van der Waals surface area contributed by atoms with Crippen molar-refractivity contribution in [3.05, 3.63) is 29.8 Å². The molecule has 1 aliphatic rings. The number of aliphatic hydroxyl groups excluding tert-OH is 1. The molecule has 112 valence electrons. The zero-order valence-corrected chi connectivity index (χ0v) is 12.7. The smallest absolute Gasteiger partial charge is 0.123 e. The van der Waals surface area contributed by atoms with E-state index in [0.717, 1.165) is 31.9 Å². The Morgan fingerprint density at radius 1 is 1.25 bits per heavy atom. The molecule has 0 spiro atoms. The number of para-hydroxylation sites is 1. The number of nitrogens with zero attached hydrogens (tertiary/aromatic N) is 2. The van der Waals surface area contributed by atoms with E-state index in [1.165, 1.54) is 5.56 Å². The third kappa shape index (κ3) is 3.72. The molecule has 0 bridgehead atoms. The first-order chi connectivity index (χ1) is 9.63. The van der Waals surface area contributed by atoms with E-state index in [2.05, 4.69) is 36.0 Å². The van der Waals surface area contributed by atoms with Crippen LogP contribution in [-0.4, -0.2) is 62.4 Å². The number of aliphatic hydroxyl groups is 1. The lowest BCUT2D eigenvalue weighted by molar-refractivity contribution is 0.183. The lowest BCUT2D eigenvalue weighted by atomic mass is 9.97. The summed E-state index contributed by atoms with van der Waals surface area (Å²) in [6.07, 6.45) is 0. The topological polar surface area (TPSA) is 35.9 Å². The molecule has 2 rings (SSSR count). The van der Waals surface area contributed by atoms with Crippen molar-refractivity contribution in [2.75, 3.05) is 47.4 Å². The SMILES string of the molecule is COc1ccccc1CN1CC(CO)C(CN(C)C)C1. The maximum Gasteiger partial charge on any atom is 0.123 e. The second kappa shape index (κ2) is 7.07. The lowest BCUT2D eigenvalue weighted by Gasteiger charge is -2.20. The Morgan fingerprint density at radius 2 is 1.95 bits per heavy atom. The van der Waals surface area contributed by atoms with Gasteiger partial charge in [-0.15, -0.1) is 0 Å². The molecule has 1 fully saturated rings. The van der Waals surface area contributed by atoms with E-state index in [4.69, 9.17) is 4.74 Å². The van der Waals surface area contributed by atoms with Gasteiger partial charge in [-0.3, -0.25) is 4.90 Å². The summed E-state index contributed by atoms with van der Waals surface area (Å²) in [5.41, 5.74) is 1.22. The molecule has 4 heteroatoms. The maximum absolute atomic E-state index is 9.56. The molecule has 0 aromatic heterocycles. The van der Waals surface area contributed by atoms with Crippen molar-refractivity contribution in [3.8, 4) is 5.75 Å². The minimum absolute atomic E-state index is 0.279. The van der Waals surface area contributed by atoms with Gasteiger partial charge in [-0.1, -0.05) is 18.2 Å². The van der Waals surface area contributed by atoms with Crippen molar-refractivity contribution in [1.29, 1.82) is 0 Å². The Morgan fingerprint density at radius 3 is 2.60 bits per heavy atom. The van der Waals surface area contributed by atoms with Gasteiger partial charge in [0.15, 0.2) is 0 Å². The first-order valence-electron chi connectivity index (χ1n) is 7.24. The summed E-state index contributed by atoms with van der Waals surface area (Å²) in [6, 6.07) is 8.17. The van der Waals surface area contributed by atoms with Crippen LogP contribution in [0.1, 0.15) is 5.56 Å². The summed E-state index contributed by atoms with van der Waals surface area (Å²) in [5.74, 6) is 1.88. The van der Waals surface area contributed by atoms with Crippen LogP contribution in [0.25, 0.3) is 0 Å². The van der Waals surface area contributed by atoms with Gasteiger partial charge in [0.1, 0.15) is 5.75 Å². The van der Waals surface area contributed by atoms with Gasteiger partial charge in [0.05, 0.1) is 7.11 Å². The van der Waals surface area contributed by atoms with Crippen LogP contribution in [0.3, 0.4) is 0 Å². The van der Waals surface area contributed by atoms with Gasteiger partial charge >= 0.3 is 0 Å².